The van der Waals surface area contributed by atoms with Crippen molar-refractivity contribution < 1.29 is 4.79 Å². The summed E-state index contributed by atoms with van der Waals surface area (Å²) in [5.74, 6) is -0.224. The molecule has 1 heterocycles. The van der Waals surface area contributed by atoms with Crippen molar-refractivity contribution in [2.45, 2.75) is 6.92 Å². The average Bonchev–Trinajstić information content (AvgIpc) is 3.05. The number of carbonyl (C=O) groups excluding carboxylic acids is 1. The van der Waals surface area contributed by atoms with Crippen LogP contribution in [-0.4, -0.2) is 20.9 Å². The van der Waals surface area contributed by atoms with Gasteiger partial charge in [-0.25, -0.2) is 0 Å². The molecular formula is C20H15ClN4O. The monoisotopic (exact) mass is 362 g/mol. The molecular weight excluding hydrogens is 348 g/mol. The third-order valence-corrected chi connectivity index (χ3v) is 4.23. The minimum Gasteiger partial charge on any atom is -0.322 e. The molecule has 0 aliphatic heterocycles. The Labute approximate surface area is 155 Å². The van der Waals surface area contributed by atoms with Crippen molar-refractivity contribution >= 4 is 34.2 Å². The fourth-order valence-electron chi connectivity index (χ4n) is 2.62. The van der Waals surface area contributed by atoms with Crippen LogP contribution in [0.15, 0.2) is 66.7 Å². The van der Waals surface area contributed by atoms with Crippen LogP contribution in [0, 0.1) is 6.92 Å². The number of aryl methyl sites for hydroxylation is 1. The van der Waals surface area contributed by atoms with E-state index in [1.807, 2.05) is 37.3 Å². The highest BCUT2D eigenvalue weighted by atomic mass is 35.5. The van der Waals surface area contributed by atoms with Crippen molar-refractivity contribution in [3.05, 3.63) is 82.9 Å². The first-order valence-corrected chi connectivity index (χ1v) is 8.47. The topological polar surface area (TPSA) is 59.8 Å². The summed E-state index contributed by atoms with van der Waals surface area (Å²) in [6, 6.07) is 20.2. The van der Waals surface area contributed by atoms with Crippen molar-refractivity contribution in [2.24, 2.45) is 0 Å². The molecule has 0 bridgehead atoms. The molecule has 4 aromatic rings. The number of hydrogen-bond donors (Lipinski definition) is 1. The van der Waals surface area contributed by atoms with Crippen molar-refractivity contribution in [3.8, 4) is 5.69 Å². The molecule has 0 aliphatic rings. The van der Waals surface area contributed by atoms with E-state index in [0.717, 1.165) is 11.2 Å². The van der Waals surface area contributed by atoms with Crippen LogP contribution in [0.2, 0.25) is 5.02 Å². The first-order valence-electron chi connectivity index (χ1n) is 8.09. The number of aromatic nitrogens is 3. The molecule has 128 valence electrons. The fraction of sp³-hybridized carbons (Fsp3) is 0.0500. The standard InChI is InChI=1S/C20H15ClN4O/c1-13-5-8-17(9-6-13)25-23-18-10-7-16(12-19(18)24-25)22-20(26)14-3-2-4-15(21)11-14/h2-12H,1H3,(H,22,26). The van der Waals surface area contributed by atoms with Gasteiger partial charge in [0, 0.05) is 16.3 Å². The van der Waals surface area contributed by atoms with E-state index in [0.29, 0.717) is 21.8 Å². The summed E-state index contributed by atoms with van der Waals surface area (Å²) in [6.45, 7) is 2.03. The molecule has 0 radical (unpaired) electrons. The largest absolute Gasteiger partial charge is 0.322 e. The highest BCUT2D eigenvalue weighted by molar-refractivity contribution is 6.31. The number of anilines is 1. The second-order valence-electron chi connectivity index (χ2n) is 5.99. The summed E-state index contributed by atoms with van der Waals surface area (Å²) in [5.41, 5.74) is 4.67. The van der Waals surface area contributed by atoms with Gasteiger partial charge in [0.2, 0.25) is 0 Å². The summed E-state index contributed by atoms with van der Waals surface area (Å²) in [7, 11) is 0. The highest BCUT2D eigenvalue weighted by Gasteiger charge is 2.09. The van der Waals surface area contributed by atoms with Crippen LogP contribution in [0.4, 0.5) is 5.69 Å². The zero-order chi connectivity index (χ0) is 18.1. The van der Waals surface area contributed by atoms with Gasteiger partial charge in [0.1, 0.15) is 11.0 Å². The van der Waals surface area contributed by atoms with Crippen LogP contribution in [0.25, 0.3) is 16.7 Å². The maximum Gasteiger partial charge on any atom is 0.255 e. The van der Waals surface area contributed by atoms with Gasteiger partial charge in [0.05, 0.1) is 5.69 Å². The second kappa shape index (κ2) is 6.61. The van der Waals surface area contributed by atoms with E-state index < -0.39 is 0 Å². The molecule has 26 heavy (non-hydrogen) atoms. The number of halogens is 1. The Morgan fingerprint density at radius 1 is 0.962 bits per heavy atom. The van der Waals surface area contributed by atoms with E-state index in [9.17, 15) is 4.79 Å². The van der Waals surface area contributed by atoms with Gasteiger partial charge < -0.3 is 5.32 Å². The minimum absolute atomic E-state index is 0.224. The molecule has 3 aromatic carbocycles. The van der Waals surface area contributed by atoms with E-state index in [-0.39, 0.29) is 5.91 Å². The maximum atomic E-state index is 12.3. The van der Waals surface area contributed by atoms with E-state index in [1.165, 1.54) is 5.56 Å². The molecule has 0 saturated carbocycles. The van der Waals surface area contributed by atoms with Gasteiger partial charge in [0.15, 0.2) is 0 Å². The van der Waals surface area contributed by atoms with Gasteiger partial charge in [-0.15, -0.1) is 10.2 Å². The average molecular weight is 363 g/mol. The Bertz CT molecular complexity index is 1100. The third-order valence-electron chi connectivity index (χ3n) is 3.99. The Hall–Kier alpha value is -3.18. The predicted molar refractivity (Wildman–Crippen MR) is 103 cm³/mol. The van der Waals surface area contributed by atoms with Gasteiger partial charge >= 0.3 is 0 Å². The smallest absolute Gasteiger partial charge is 0.255 e. The summed E-state index contributed by atoms with van der Waals surface area (Å²) in [4.78, 5) is 13.9. The summed E-state index contributed by atoms with van der Waals surface area (Å²) in [6.07, 6.45) is 0. The second-order valence-corrected chi connectivity index (χ2v) is 6.43. The zero-order valence-corrected chi connectivity index (χ0v) is 14.7. The third kappa shape index (κ3) is 3.30. The Morgan fingerprint density at radius 3 is 2.50 bits per heavy atom. The number of carbonyl (C=O) groups is 1. The minimum atomic E-state index is -0.224. The van der Waals surface area contributed by atoms with Crippen LogP contribution in [-0.2, 0) is 0 Å². The lowest BCUT2D eigenvalue weighted by Crippen LogP contribution is -2.11. The number of amides is 1. The number of rotatable bonds is 3. The van der Waals surface area contributed by atoms with Gasteiger partial charge in [-0.1, -0.05) is 35.4 Å². The van der Waals surface area contributed by atoms with Gasteiger partial charge in [0.25, 0.3) is 5.91 Å². The molecule has 5 nitrogen and oxygen atoms in total. The number of hydrogen-bond acceptors (Lipinski definition) is 3. The van der Waals surface area contributed by atoms with Gasteiger partial charge in [-0.2, -0.15) is 4.80 Å². The SMILES string of the molecule is Cc1ccc(-n2nc3ccc(NC(=O)c4cccc(Cl)c4)cc3n2)cc1. The summed E-state index contributed by atoms with van der Waals surface area (Å²) < 4.78 is 0. The predicted octanol–water partition coefficient (Wildman–Crippen LogP) is 4.63. The lowest BCUT2D eigenvalue weighted by atomic mass is 10.2. The first-order chi connectivity index (χ1) is 12.6. The molecule has 1 amide bonds. The maximum absolute atomic E-state index is 12.3. The molecule has 4 rings (SSSR count). The molecule has 0 atom stereocenters. The normalized spacial score (nSPS) is 10.8. The van der Waals surface area contributed by atoms with Crippen molar-refractivity contribution in [2.75, 3.05) is 5.32 Å². The van der Waals surface area contributed by atoms with E-state index in [1.54, 1.807) is 41.2 Å². The molecule has 1 N–H and O–H groups in total. The number of benzene rings is 3. The Balaban J connectivity index is 1.61. The molecule has 0 unspecified atom stereocenters. The van der Waals surface area contributed by atoms with Gasteiger partial charge in [-0.3, -0.25) is 4.79 Å². The summed E-state index contributed by atoms with van der Waals surface area (Å²) in [5, 5.41) is 12.4. The molecule has 0 spiro atoms. The van der Waals surface area contributed by atoms with E-state index in [2.05, 4.69) is 15.5 Å². The molecule has 1 aromatic heterocycles. The number of fused-ring (bicyclic) bond motifs is 1. The molecule has 0 saturated heterocycles. The molecule has 0 fully saturated rings. The van der Waals surface area contributed by atoms with Crippen LogP contribution in [0.5, 0.6) is 0 Å². The lowest BCUT2D eigenvalue weighted by Gasteiger charge is -2.05. The lowest BCUT2D eigenvalue weighted by molar-refractivity contribution is 0.102. The first kappa shape index (κ1) is 16.3. The summed E-state index contributed by atoms with van der Waals surface area (Å²) >= 11 is 5.94. The highest BCUT2D eigenvalue weighted by Crippen LogP contribution is 2.19. The Morgan fingerprint density at radius 2 is 1.73 bits per heavy atom. The molecule has 6 heteroatoms. The Kier molecular flexibility index (Phi) is 4.14. The van der Waals surface area contributed by atoms with Gasteiger partial charge in [-0.05, 0) is 55.5 Å². The van der Waals surface area contributed by atoms with Crippen molar-refractivity contribution in [3.63, 3.8) is 0 Å². The van der Waals surface area contributed by atoms with Crippen LogP contribution in [0.1, 0.15) is 15.9 Å². The van der Waals surface area contributed by atoms with E-state index in [4.69, 9.17) is 11.6 Å². The van der Waals surface area contributed by atoms with Crippen LogP contribution < -0.4 is 5.32 Å². The molecule has 0 aliphatic carbocycles. The number of nitrogens with zero attached hydrogens (tertiary/aromatic N) is 3. The fourth-order valence-corrected chi connectivity index (χ4v) is 2.81. The van der Waals surface area contributed by atoms with Crippen LogP contribution >= 0.6 is 11.6 Å². The van der Waals surface area contributed by atoms with Crippen molar-refractivity contribution in [1.82, 2.24) is 15.0 Å². The zero-order valence-electron chi connectivity index (χ0n) is 14.0. The number of nitrogens with one attached hydrogen (secondary N) is 1. The van der Waals surface area contributed by atoms with Crippen molar-refractivity contribution in [1.29, 1.82) is 0 Å². The van der Waals surface area contributed by atoms with E-state index >= 15 is 0 Å². The van der Waals surface area contributed by atoms with Crippen LogP contribution in [0.3, 0.4) is 0 Å². The quantitative estimate of drug-likeness (QED) is 0.577.